The lowest BCUT2D eigenvalue weighted by Gasteiger charge is -2.08. The van der Waals surface area contributed by atoms with Crippen LogP contribution in [0, 0.1) is 0 Å². The SMILES string of the molecule is O=S(=O)(CCc1ccccn1)Nc1ccncc1Br. The van der Waals surface area contributed by atoms with E-state index in [9.17, 15) is 8.42 Å². The summed E-state index contributed by atoms with van der Waals surface area (Å²) < 4.78 is 27.0. The quantitative estimate of drug-likeness (QED) is 0.904. The van der Waals surface area contributed by atoms with Crippen LogP contribution in [0.3, 0.4) is 0 Å². The van der Waals surface area contributed by atoms with Crippen LogP contribution in [0.25, 0.3) is 0 Å². The second-order valence-corrected chi connectivity index (χ2v) is 6.54. The minimum absolute atomic E-state index is 0.0151. The summed E-state index contributed by atoms with van der Waals surface area (Å²) in [4.78, 5) is 7.97. The third-order valence-corrected chi connectivity index (χ3v) is 4.30. The average molecular weight is 342 g/mol. The van der Waals surface area contributed by atoms with Crippen LogP contribution in [0.1, 0.15) is 5.69 Å². The van der Waals surface area contributed by atoms with Gasteiger partial charge in [0.15, 0.2) is 0 Å². The minimum Gasteiger partial charge on any atom is -0.282 e. The average Bonchev–Trinajstić information content (AvgIpc) is 2.40. The molecule has 0 amide bonds. The first-order valence-corrected chi connectivity index (χ1v) is 8.01. The molecule has 0 spiro atoms. The van der Waals surface area contributed by atoms with Crippen LogP contribution in [0.2, 0.25) is 0 Å². The van der Waals surface area contributed by atoms with E-state index in [-0.39, 0.29) is 5.75 Å². The molecule has 0 radical (unpaired) electrons. The van der Waals surface area contributed by atoms with Gasteiger partial charge >= 0.3 is 0 Å². The number of hydrogen-bond acceptors (Lipinski definition) is 4. The normalized spacial score (nSPS) is 11.2. The van der Waals surface area contributed by atoms with Gasteiger partial charge in [0, 0.05) is 30.7 Å². The van der Waals surface area contributed by atoms with E-state index < -0.39 is 10.0 Å². The molecular formula is C12H12BrN3O2S. The molecule has 0 saturated carbocycles. The summed E-state index contributed by atoms with van der Waals surface area (Å²) in [6, 6.07) is 7.03. The number of aryl methyl sites for hydroxylation is 1. The number of hydrogen-bond donors (Lipinski definition) is 1. The number of halogens is 1. The van der Waals surface area contributed by atoms with Crippen molar-refractivity contribution in [2.75, 3.05) is 10.5 Å². The lowest BCUT2D eigenvalue weighted by molar-refractivity contribution is 0.600. The zero-order valence-corrected chi connectivity index (χ0v) is 12.4. The fourth-order valence-electron chi connectivity index (χ4n) is 1.46. The van der Waals surface area contributed by atoms with Crippen molar-refractivity contribution in [3.63, 3.8) is 0 Å². The predicted molar refractivity (Wildman–Crippen MR) is 77.3 cm³/mol. The molecule has 0 aromatic carbocycles. The van der Waals surface area contributed by atoms with Crippen LogP contribution in [0.15, 0.2) is 47.3 Å². The maximum atomic E-state index is 11.9. The van der Waals surface area contributed by atoms with E-state index in [0.29, 0.717) is 16.6 Å². The molecule has 19 heavy (non-hydrogen) atoms. The Morgan fingerprint density at radius 2 is 2.05 bits per heavy atom. The van der Waals surface area contributed by atoms with E-state index in [2.05, 4.69) is 30.6 Å². The topological polar surface area (TPSA) is 72.0 Å². The van der Waals surface area contributed by atoms with Crippen LogP contribution in [0.5, 0.6) is 0 Å². The molecule has 0 fully saturated rings. The number of pyridine rings is 2. The summed E-state index contributed by atoms with van der Waals surface area (Å²) in [5.74, 6) is -0.0151. The van der Waals surface area contributed by atoms with Gasteiger partial charge in [-0.3, -0.25) is 14.7 Å². The lowest BCUT2D eigenvalue weighted by atomic mass is 10.3. The fourth-order valence-corrected chi connectivity index (χ4v) is 3.04. The van der Waals surface area contributed by atoms with Gasteiger partial charge in [-0.05, 0) is 34.1 Å². The van der Waals surface area contributed by atoms with Crippen molar-refractivity contribution in [1.82, 2.24) is 9.97 Å². The molecule has 0 aliphatic rings. The third kappa shape index (κ3) is 4.29. The van der Waals surface area contributed by atoms with Crippen LogP contribution in [0.4, 0.5) is 5.69 Å². The van der Waals surface area contributed by atoms with E-state index >= 15 is 0 Å². The molecule has 7 heteroatoms. The van der Waals surface area contributed by atoms with E-state index in [1.54, 1.807) is 24.4 Å². The largest absolute Gasteiger partial charge is 0.282 e. The predicted octanol–water partition coefficient (Wildman–Crippen LogP) is 2.22. The second-order valence-electron chi connectivity index (χ2n) is 3.85. The summed E-state index contributed by atoms with van der Waals surface area (Å²) in [6.07, 6.45) is 5.09. The van der Waals surface area contributed by atoms with Gasteiger partial charge in [-0.25, -0.2) is 8.42 Å². The minimum atomic E-state index is -3.40. The Morgan fingerprint density at radius 3 is 2.74 bits per heavy atom. The van der Waals surface area contributed by atoms with Crippen molar-refractivity contribution in [2.45, 2.75) is 6.42 Å². The van der Waals surface area contributed by atoms with Gasteiger partial charge in [-0.15, -0.1) is 0 Å². The van der Waals surface area contributed by atoms with Gasteiger partial charge in [0.25, 0.3) is 0 Å². The monoisotopic (exact) mass is 341 g/mol. The first-order valence-electron chi connectivity index (χ1n) is 5.57. The number of aromatic nitrogens is 2. The number of anilines is 1. The zero-order chi connectivity index (χ0) is 13.7. The molecule has 5 nitrogen and oxygen atoms in total. The molecule has 0 aliphatic heterocycles. The number of rotatable bonds is 5. The highest BCUT2D eigenvalue weighted by Gasteiger charge is 2.12. The van der Waals surface area contributed by atoms with Crippen LogP contribution >= 0.6 is 15.9 Å². The van der Waals surface area contributed by atoms with Crippen molar-refractivity contribution < 1.29 is 8.42 Å². The highest BCUT2D eigenvalue weighted by atomic mass is 79.9. The maximum Gasteiger partial charge on any atom is 0.233 e. The zero-order valence-electron chi connectivity index (χ0n) is 9.95. The van der Waals surface area contributed by atoms with Crippen molar-refractivity contribution in [2.24, 2.45) is 0 Å². The molecule has 1 N–H and O–H groups in total. The molecule has 0 bridgehead atoms. The highest BCUT2D eigenvalue weighted by molar-refractivity contribution is 9.10. The van der Waals surface area contributed by atoms with Gasteiger partial charge in [0.05, 0.1) is 15.9 Å². The Hall–Kier alpha value is -1.47. The van der Waals surface area contributed by atoms with E-state index in [4.69, 9.17) is 0 Å². The van der Waals surface area contributed by atoms with Gasteiger partial charge in [-0.2, -0.15) is 0 Å². The first-order chi connectivity index (χ1) is 9.07. The van der Waals surface area contributed by atoms with Gasteiger partial charge in [-0.1, -0.05) is 6.07 Å². The van der Waals surface area contributed by atoms with Gasteiger partial charge in [0.1, 0.15) is 0 Å². The molecule has 2 rings (SSSR count). The lowest BCUT2D eigenvalue weighted by Crippen LogP contribution is -2.18. The molecule has 0 saturated heterocycles. The number of sulfonamides is 1. The highest BCUT2D eigenvalue weighted by Crippen LogP contribution is 2.21. The summed E-state index contributed by atoms with van der Waals surface area (Å²) in [5.41, 5.74) is 1.23. The van der Waals surface area contributed by atoms with Crippen molar-refractivity contribution in [3.8, 4) is 0 Å². The molecule has 0 aliphatic carbocycles. The Labute approximate surface area is 120 Å². The van der Waals surface area contributed by atoms with Crippen molar-refractivity contribution >= 4 is 31.6 Å². The van der Waals surface area contributed by atoms with Crippen LogP contribution in [-0.4, -0.2) is 24.1 Å². The molecule has 0 atom stereocenters. The van der Waals surface area contributed by atoms with Crippen LogP contribution in [-0.2, 0) is 16.4 Å². The van der Waals surface area contributed by atoms with E-state index in [0.717, 1.165) is 5.69 Å². The molecule has 0 unspecified atom stereocenters. The number of nitrogens with zero attached hydrogens (tertiary/aromatic N) is 2. The van der Waals surface area contributed by atoms with Gasteiger partial charge < -0.3 is 0 Å². The summed E-state index contributed by atoms with van der Waals surface area (Å²) >= 11 is 3.24. The molecular weight excluding hydrogens is 330 g/mol. The third-order valence-electron chi connectivity index (χ3n) is 2.39. The Kier molecular flexibility index (Phi) is 4.49. The van der Waals surface area contributed by atoms with E-state index in [1.807, 2.05) is 6.07 Å². The molecule has 2 aromatic rings. The summed E-state index contributed by atoms with van der Waals surface area (Å²) in [5, 5.41) is 0. The fraction of sp³-hybridized carbons (Fsp3) is 0.167. The first kappa shape index (κ1) is 14.0. The maximum absolute atomic E-state index is 11.9. The second kappa shape index (κ2) is 6.12. The van der Waals surface area contributed by atoms with Crippen molar-refractivity contribution in [3.05, 3.63) is 53.0 Å². The summed E-state index contributed by atoms with van der Waals surface area (Å²) in [7, 11) is -3.40. The summed E-state index contributed by atoms with van der Waals surface area (Å²) in [6.45, 7) is 0. The van der Waals surface area contributed by atoms with Crippen LogP contribution < -0.4 is 4.72 Å². The van der Waals surface area contributed by atoms with Gasteiger partial charge in [0.2, 0.25) is 10.0 Å². The Bertz CT molecular complexity index is 647. The molecule has 2 heterocycles. The van der Waals surface area contributed by atoms with E-state index in [1.165, 1.54) is 12.4 Å². The Morgan fingerprint density at radius 1 is 1.21 bits per heavy atom. The smallest absolute Gasteiger partial charge is 0.233 e. The molecule has 2 aromatic heterocycles. The molecule has 100 valence electrons. The number of nitrogens with one attached hydrogen (secondary N) is 1. The Balaban J connectivity index is 2.02. The van der Waals surface area contributed by atoms with Crippen molar-refractivity contribution in [1.29, 1.82) is 0 Å². The standard InChI is InChI=1S/C12H12BrN3O2S/c13-11-9-14-7-4-12(11)16-19(17,18)8-5-10-3-1-2-6-15-10/h1-4,6-7,9H,5,8H2,(H,14,16).